The van der Waals surface area contributed by atoms with Gasteiger partial charge >= 0.3 is 0 Å². The molecule has 2 heterocycles. The molecule has 0 radical (unpaired) electrons. The highest BCUT2D eigenvalue weighted by Gasteiger charge is 2.99. The van der Waals surface area contributed by atoms with E-state index in [2.05, 4.69) is 24.1 Å². The average Bonchev–Trinajstić information content (AvgIpc) is 2.83. The van der Waals surface area contributed by atoms with Crippen molar-refractivity contribution in [3.05, 3.63) is 0 Å². The van der Waals surface area contributed by atoms with Crippen molar-refractivity contribution >= 4 is 17.6 Å². The Morgan fingerprint density at radius 3 is 2.61 bits per heavy atom. The molecule has 23 heavy (non-hydrogen) atoms. The minimum Gasteiger partial charge on any atom is -0.386 e. The number of nitrogens with zero attached hydrogens (tertiary/aromatic N) is 3. The molecular weight excluding hydrogens is 308 g/mol. The first-order valence-electron chi connectivity index (χ1n) is 8.56. The Kier molecular flexibility index (Phi) is 3.09. The third-order valence-corrected chi connectivity index (χ3v) is 8.01. The van der Waals surface area contributed by atoms with Crippen molar-refractivity contribution < 1.29 is 4.74 Å². The lowest BCUT2D eigenvalue weighted by Gasteiger charge is -2.36. The van der Waals surface area contributed by atoms with Crippen molar-refractivity contribution in [2.24, 2.45) is 32.9 Å². The summed E-state index contributed by atoms with van der Waals surface area (Å²) in [5.74, 6) is 1.85. The van der Waals surface area contributed by atoms with E-state index in [1.807, 2.05) is 0 Å². The molecule has 2 aliphatic heterocycles. The van der Waals surface area contributed by atoms with Crippen LogP contribution < -0.4 is 5.73 Å². The van der Waals surface area contributed by atoms with Crippen LogP contribution in [0.2, 0.25) is 0 Å². The molecule has 6 heteroatoms. The number of hydrogen-bond acceptors (Lipinski definition) is 6. The molecule has 2 aliphatic carbocycles. The van der Waals surface area contributed by atoms with Gasteiger partial charge in [0.05, 0.1) is 18.7 Å². The molecule has 3 atom stereocenters. The second-order valence-electron chi connectivity index (χ2n) is 7.31. The van der Waals surface area contributed by atoms with E-state index in [0.29, 0.717) is 18.4 Å². The van der Waals surface area contributed by atoms with Crippen molar-refractivity contribution in [2.75, 3.05) is 12.4 Å². The average molecular weight is 330 g/mol. The molecule has 0 amide bonds. The van der Waals surface area contributed by atoms with Gasteiger partial charge in [-0.05, 0) is 31.6 Å². The standard InChI is InChI=1S/C17H22N4OS/c1-2-3-12-4-6-14(7-5-12)15(10-18)13(20)21-17(16(14,15)11-19)22-8-9-23-17/h12H,2-9H2,1H3,(H2,20,21)/t12?,14?,15-,16+,17-/m1/s1. The van der Waals surface area contributed by atoms with Crippen LogP contribution in [0.5, 0.6) is 0 Å². The summed E-state index contributed by atoms with van der Waals surface area (Å²) in [7, 11) is 0. The Hall–Kier alpha value is -1.24. The lowest BCUT2D eigenvalue weighted by atomic mass is 9.72. The Morgan fingerprint density at radius 1 is 1.35 bits per heavy atom. The van der Waals surface area contributed by atoms with Crippen molar-refractivity contribution in [1.82, 2.24) is 0 Å². The monoisotopic (exact) mass is 330 g/mol. The third-order valence-electron chi connectivity index (χ3n) is 6.73. The van der Waals surface area contributed by atoms with Gasteiger partial charge < -0.3 is 10.5 Å². The van der Waals surface area contributed by atoms with E-state index < -0.39 is 15.9 Å². The quantitative estimate of drug-likeness (QED) is 0.840. The highest BCUT2D eigenvalue weighted by molar-refractivity contribution is 8.00. The molecule has 5 nitrogen and oxygen atoms in total. The van der Waals surface area contributed by atoms with E-state index in [9.17, 15) is 10.5 Å². The highest BCUT2D eigenvalue weighted by Crippen LogP contribution is 2.90. The van der Waals surface area contributed by atoms with E-state index in [0.717, 1.165) is 31.4 Å². The van der Waals surface area contributed by atoms with Crippen LogP contribution in [0.4, 0.5) is 0 Å². The van der Waals surface area contributed by atoms with Crippen molar-refractivity contribution in [3.63, 3.8) is 0 Å². The summed E-state index contributed by atoms with van der Waals surface area (Å²) in [6.07, 6.45) is 6.36. The normalized spacial score (nSPS) is 50.4. The number of nitriles is 2. The second kappa shape index (κ2) is 4.65. The van der Waals surface area contributed by atoms with Crippen LogP contribution in [0.1, 0.15) is 45.4 Å². The van der Waals surface area contributed by atoms with Crippen LogP contribution in [0, 0.1) is 44.8 Å². The van der Waals surface area contributed by atoms with Crippen LogP contribution >= 0.6 is 11.8 Å². The smallest absolute Gasteiger partial charge is 0.230 e. The maximum Gasteiger partial charge on any atom is 0.230 e. The summed E-state index contributed by atoms with van der Waals surface area (Å²) in [6.45, 7) is 2.79. The predicted molar refractivity (Wildman–Crippen MR) is 88.2 cm³/mol. The second-order valence-corrected chi connectivity index (χ2v) is 8.56. The van der Waals surface area contributed by atoms with Crippen LogP contribution in [-0.2, 0) is 4.74 Å². The zero-order chi connectivity index (χ0) is 16.3. The van der Waals surface area contributed by atoms with Crippen LogP contribution in [0.3, 0.4) is 0 Å². The predicted octanol–water partition coefficient (Wildman–Crippen LogP) is 2.78. The number of amidine groups is 1. The summed E-state index contributed by atoms with van der Waals surface area (Å²) >= 11 is 1.56. The fraction of sp³-hybridized carbons (Fsp3) is 0.824. The van der Waals surface area contributed by atoms with Crippen LogP contribution in [-0.4, -0.2) is 23.3 Å². The first-order valence-corrected chi connectivity index (χ1v) is 9.54. The van der Waals surface area contributed by atoms with E-state index in [1.54, 1.807) is 11.8 Å². The molecule has 0 aromatic heterocycles. The highest BCUT2D eigenvalue weighted by atomic mass is 32.2. The molecule has 4 aliphatic rings. The van der Waals surface area contributed by atoms with E-state index in [4.69, 9.17) is 10.5 Å². The van der Waals surface area contributed by atoms with Gasteiger partial charge in [0.2, 0.25) is 5.06 Å². The van der Waals surface area contributed by atoms with Crippen LogP contribution in [0.15, 0.2) is 4.99 Å². The zero-order valence-corrected chi connectivity index (χ0v) is 14.3. The molecule has 1 saturated heterocycles. The number of fused-ring (bicyclic) bond motifs is 4. The molecule has 0 aromatic carbocycles. The van der Waals surface area contributed by atoms with Gasteiger partial charge in [-0.2, -0.15) is 10.5 Å². The fourth-order valence-electron chi connectivity index (χ4n) is 5.80. The minimum absolute atomic E-state index is 0.338. The molecule has 0 unspecified atom stereocenters. The van der Waals surface area contributed by atoms with Crippen molar-refractivity contribution in [1.29, 1.82) is 10.5 Å². The van der Waals surface area contributed by atoms with Gasteiger partial charge in [0, 0.05) is 11.2 Å². The Balaban J connectivity index is 1.77. The molecular formula is C17H22N4OS. The Labute approximate surface area is 141 Å². The molecule has 2 spiro atoms. The Morgan fingerprint density at radius 2 is 2.09 bits per heavy atom. The van der Waals surface area contributed by atoms with Gasteiger partial charge in [-0.1, -0.05) is 31.5 Å². The van der Waals surface area contributed by atoms with Gasteiger partial charge in [0.15, 0.2) is 5.41 Å². The SMILES string of the molecule is CCCC1CCC2(CC1)[C@]1(C#N)[C@@]3(N=C(N)[C@]21C#N)OCCS3. The summed E-state index contributed by atoms with van der Waals surface area (Å²) < 4.78 is 5.97. The lowest BCUT2D eigenvalue weighted by molar-refractivity contribution is 0.000662. The third kappa shape index (κ3) is 1.34. The number of aliphatic imine (C=N–C) groups is 1. The van der Waals surface area contributed by atoms with E-state index in [1.165, 1.54) is 12.8 Å². The largest absolute Gasteiger partial charge is 0.386 e. The number of nitrogens with two attached hydrogens (primary N) is 1. The lowest BCUT2D eigenvalue weighted by Crippen LogP contribution is -2.38. The van der Waals surface area contributed by atoms with E-state index >= 15 is 0 Å². The maximum absolute atomic E-state index is 10.2. The van der Waals surface area contributed by atoms with Crippen molar-refractivity contribution in [3.8, 4) is 12.1 Å². The van der Waals surface area contributed by atoms with Gasteiger partial charge in [-0.25, -0.2) is 4.99 Å². The van der Waals surface area contributed by atoms with Gasteiger partial charge in [0.1, 0.15) is 11.3 Å². The Bertz CT molecular complexity index is 648. The van der Waals surface area contributed by atoms with Gasteiger partial charge in [-0.3, -0.25) is 0 Å². The summed E-state index contributed by atoms with van der Waals surface area (Å²) in [5, 5.41) is 19.3. The van der Waals surface area contributed by atoms with E-state index in [-0.39, 0.29) is 5.41 Å². The summed E-state index contributed by atoms with van der Waals surface area (Å²) in [6, 6.07) is 4.96. The first-order chi connectivity index (χ1) is 11.1. The van der Waals surface area contributed by atoms with Gasteiger partial charge in [0.25, 0.3) is 0 Å². The number of thioether (sulfide) groups is 1. The van der Waals surface area contributed by atoms with Crippen LogP contribution in [0.25, 0.3) is 0 Å². The maximum atomic E-state index is 10.2. The molecule has 122 valence electrons. The number of hydrogen-bond donors (Lipinski definition) is 1. The van der Waals surface area contributed by atoms with Crippen molar-refractivity contribution in [2.45, 2.75) is 50.5 Å². The molecule has 2 N–H and O–H groups in total. The molecule has 0 bridgehead atoms. The first kappa shape index (κ1) is 15.3. The summed E-state index contributed by atoms with van der Waals surface area (Å²) in [5.41, 5.74) is 4.06. The topological polar surface area (TPSA) is 95.2 Å². The zero-order valence-electron chi connectivity index (χ0n) is 13.5. The molecule has 0 aromatic rings. The molecule has 3 fully saturated rings. The minimum atomic E-state index is -0.945. The van der Waals surface area contributed by atoms with Gasteiger partial charge in [-0.15, -0.1) is 0 Å². The number of ether oxygens (including phenoxy) is 1. The number of rotatable bonds is 2. The summed E-state index contributed by atoms with van der Waals surface area (Å²) in [4.78, 5) is 4.53. The molecule has 4 rings (SSSR count). The molecule has 2 saturated carbocycles. The fourth-order valence-corrected chi connectivity index (χ4v) is 7.19.